The van der Waals surface area contributed by atoms with E-state index in [1.165, 1.54) is 6.92 Å². The summed E-state index contributed by atoms with van der Waals surface area (Å²) in [5, 5.41) is 12.0. The summed E-state index contributed by atoms with van der Waals surface area (Å²) in [6.07, 6.45) is 0.325. The molecule has 146 valence electrons. The van der Waals surface area contributed by atoms with Gasteiger partial charge in [-0.1, -0.05) is 0 Å². The SMILES string of the molecule is CC1(O)CCN(S(=O)(=O)NC(=O)c2coc(NC(=O)OC(C)(C)C)n2)C1. The molecule has 0 radical (unpaired) electrons. The molecular weight excluding hydrogens is 368 g/mol. The Balaban J connectivity index is 1.98. The van der Waals surface area contributed by atoms with E-state index in [0.717, 1.165) is 10.6 Å². The third-order valence-electron chi connectivity index (χ3n) is 3.32. The first-order valence-corrected chi connectivity index (χ1v) is 9.22. The van der Waals surface area contributed by atoms with Crippen LogP contribution in [0.1, 0.15) is 44.6 Å². The molecule has 11 nitrogen and oxygen atoms in total. The van der Waals surface area contributed by atoms with Gasteiger partial charge < -0.3 is 14.3 Å². The molecule has 1 atom stereocenters. The summed E-state index contributed by atoms with van der Waals surface area (Å²) in [6.45, 7) is 6.47. The lowest BCUT2D eigenvalue weighted by atomic mass is 10.1. The van der Waals surface area contributed by atoms with E-state index in [4.69, 9.17) is 9.15 Å². The topological polar surface area (TPSA) is 151 Å². The van der Waals surface area contributed by atoms with Crippen molar-refractivity contribution in [2.75, 3.05) is 18.4 Å². The second-order valence-electron chi connectivity index (χ2n) is 7.18. The minimum atomic E-state index is -4.14. The van der Waals surface area contributed by atoms with E-state index in [-0.39, 0.29) is 31.2 Å². The number of amides is 2. The normalized spacial score (nSPS) is 21.4. The lowest BCUT2D eigenvalue weighted by Crippen LogP contribution is -2.44. The van der Waals surface area contributed by atoms with Crippen molar-refractivity contribution in [3.63, 3.8) is 0 Å². The van der Waals surface area contributed by atoms with Crippen molar-refractivity contribution in [1.82, 2.24) is 14.0 Å². The van der Waals surface area contributed by atoms with Crippen LogP contribution in [0.3, 0.4) is 0 Å². The second-order valence-corrected chi connectivity index (χ2v) is 8.85. The summed E-state index contributed by atoms with van der Waals surface area (Å²) in [7, 11) is -4.14. The van der Waals surface area contributed by atoms with Gasteiger partial charge in [0, 0.05) is 13.1 Å². The second kappa shape index (κ2) is 6.85. The number of aliphatic hydroxyl groups is 1. The quantitative estimate of drug-likeness (QED) is 0.670. The third kappa shape index (κ3) is 5.41. The highest BCUT2D eigenvalue weighted by Gasteiger charge is 2.38. The molecule has 12 heteroatoms. The molecule has 0 spiro atoms. The Kier molecular flexibility index (Phi) is 5.31. The van der Waals surface area contributed by atoms with Crippen molar-refractivity contribution in [2.24, 2.45) is 0 Å². The molecular formula is C14H22N4O7S. The molecule has 0 aromatic carbocycles. The van der Waals surface area contributed by atoms with Crippen LogP contribution < -0.4 is 10.0 Å². The van der Waals surface area contributed by atoms with Crippen molar-refractivity contribution in [2.45, 2.75) is 45.3 Å². The van der Waals surface area contributed by atoms with Crippen LogP contribution in [-0.4, -0.2) is 59.1 Å². The number of rotatable bonds is 4. The summed E-state index contributed by atoms with van der Waals surface area (Å²) in [6, 6.07) is -0.314. The largest absolute Gasteiger partial charge is 0.443 e. The predicted octanol–water partition coefficient (Wildman–Crippen LogP) is 0.453. The first-order chi connectivity index (χ1) is 11.8. The van der Waals surface area contributed by atoms with Gasteiger partial charge in [-0.3, -0.25) is 4.79 Å². The van der Waals surface area contributed by atoms with Crippen molar-refractivity contribution in [3.8, 4) is 0 Å². The van der Waals surface area contributed by atoms with Gasteiger partial charge in [0.1, 0.15) is 11.9 Å². The van der Waals surface area contributed by atoms with Crippen LogP contribution in [-0.2, 0) is 14.9 Å². The van der Waals surface area contributed by atoms with Gasteiger partial charge in [0.05, 0.1) is 5.60 Å². The van der Waals surface area contributed by atoms with Crippen molar-refractivity contribution >= 4 is 28.2 Å². The molecule has 26 heavy (non-hydrogen) atoms. The molecule has 2 amide bonds. The van der Waals surface area contributed by atoms with Gasteiger partial charge in [-0.25, -0.2) is 14.8 Å². The summed E-state index contributed by atoms with van der Waals surface area (Å²) in [4.78, 5) is 27.4. The Morgan fingerprint density at radius 1 is 1.42 bits per heavy atom. The number of nitrogens with one attached hydrogen (secondary N) is 2. The van der Waals surface area contributed by atoms with Crippen LogP contribution in [0, 0.1) is 0 Å². The lowest BCUT2D eigenvalue weighted by molar-refractivity contribution is 0.0631. The molecule has 0 bridgehead atoms. The van der Waals surface area contributed by atoms with E-state index in [0.29, 0.717) is 0 Å². The summed E-state index contributed by atoms with van der Waals surface area (Å²) in [5.74, 6) is -1.03. The van der Waals surface area contributed by atoms with Crippen LogP contribution in [0.4, 0.5) is 10.8 Å². The molecule has 1 aromatic heterocycles. The highest BCUT2D eigenvalue weighted by molar-refractivity contribution is 7.87. The molecule has 1 aliphatic rings. The number of anilines is 1. The van der Waals surface area contributed by atoms with Crippen LogP contribution in [0.2, 0.25) is 0 Å². The number of oxazole rings is 1. The Labute approximate surface area is 150 Å². The highest BCUT2D eigenvalue weighted by atomic mass is 32.2. The molecule has 1 saturated heterocycles. The maximum atomic E-state index is 12.2. The number of nitrogens with zero attached hydrogens (tertiary/aromatic N) is 2. The van der Waals surface area contributed by atoms with E-state index in [9.17, 15) is 23.1 Å². The fourth-order valence-corrected chi connectivity index (χ4v) is 3.42. The summed E-state index contributed by atoms with van der Waals surface area (Å²) >= 11 is 0. The zero-order valence-electron chi connectivity index (χ0n) is 14.9. The first kappa shape index (κ1) is 20.1. The van der Waals surface area contributed by atoms with Gasteiger partial charge in [0.2, 0.25) is 0 Å². The maximum Gasteiger partial charge on any atom is 0.415 e. The number of β-amino-alcohol motifs (C(OH)–C–C–N with tert-alkyl or cyclic N) is 1. The van der Waals surface area contributed by atoms with Crippen molar-refractivity contribution in [3.05, 3.63) is 12.0 Å². The minimum absolute atomic E-state index is 0.0832. The fraction of sp³-hybridized carbons (Fsp3) is 0.643. The molecule has 1 aromatic rings. The van der Waals surface area contributed by atoms with Crippen LogP contribution in [0.15, 0.2) is 10.7 Å². The molecule has 2 heterocycles. The average Bonchev–Trinajstić information content (AvgIpc) is 3.02. The molecule has 1 unspecified atom stereocenters. The number of aromatic nitrogens is 1. The Morgan fingerprint density at radius 3 is 2.62 bits per heavy atom. The standard InChI is InChI=1S/C14H22N4O7S/c1-13(2,3)25-12(20)16-11-15-9(7-24-11)10(19)17-26(22,23)18-6-5-14(4,21)8-18/h7,21H,5-6,8H2,1-4H3,(H,17,19)(H,15,16,20). The number of carbonyl (C=O) groups is 2. The Hall–Kier alpha value is -2.18. The summed E-state index contributed by atoms with van der Waals surface area (Å²) in [5.41, 5.74) is -2.22. The van der Waals surface area contributed by atoms with E-state index in [1.807, 2.05) is 4.72 Å². The molecule has 0 aliphatic carbocycles. The van der Waals surface area contributed by atoms with E-state index < -0.39 is 33.4 Å². The maximum absolute atomic E-state index is 12.2. The molecule has 3 N–H and O–H groups in total. The molecule has 2 rings (SSSR count). The number of hydrogen-bond acceptors (Lipinski definition) is 8. The van der Waals surface area contributed by atoms with Gasteiger partial charge in [0.15, 0.2) is 5.69 Å². The molecule has 0 saturated carbocycles. The number of carbonyl (C=O) groups excluding carboxylic acids is 2. The van der Waals surface area contributed by atoms with Crippen molar-refractivity contribution < 1.29 is 32.3 Å². The van der Waals surface area contributed by atoms with Gasteiger partial charge in [-0.15, -0.1) is 0 Å². The van der Waals surface area contributed by atoms with E-state index in [2.05, 4.69) is 10.3 Å². The lowest BCUT2D eigenvalue weighted by Gasteiger charge is -2.18. The van der Waals surface area contributed by atoms with Gasteiger partial charge in [-0.2, -0.15) is 17.7 Å². The third-order valence-corrected chi connectivity index (χ3v) is 4.76. The van der Waals surface area contributed by atoms with Gasteiger partial charge >= 0.3 is 22.3 Å². The molecule has 1 aliphatic heterocycles. The summed E-state index contributed by atoms with van der Waals surface area (Å²) < 4.78 is 37.1. The zero-order chi connectivity index (χ0) is 19.8. The van der Waals surface area contributed by atoms with Crippen LogP contribution in [0.5, 0.6) is 0 Å². The van der Waals surface area contributed by atoms with Crippen molar-refractivity contribution in [1.29, 1.82) is 0 Å². The number of ether oxygens (including phenoxy) is 1. The Bertz CT molecular complexity index is 794. The fourth-order valence-electron chi connectivity index (χ4n) is 2.17. The highest BCUT2D eigenvalue weighted by Crippen LogP contribution is 2.22. The predicted molar refractivity (Wildman–Crippen MR) is 89.6 cm³/mol. The zero-order valence-corrected chi connectivity index (χ0v) is 15.7. The average molecular weight is 390 g/mol. The monoisotopic (exact) mass is 390 g/mol. The molecule has 1 fully saturated rings. The first-order valence-electron chi connectivity index (χ1n) is 7.78. The van der Waals surface area contributed by atoms with E-state index >= 15 is 0 Å². The van der Waals surface area contributed by atoms with Crippen LogP contribution >= 0.6 is 0 Å². The van der Waals surface area contributed by atoms with Gasteiger partial charge in [-0.05, 0) is 34.1 Å². The van der Waals surface area contributed by atoms with Crippen LogP contribution in [0.25, 0.3) is 0 Å². The van der Waals surface area contributed by atoms with E-state index in [1.54, 1.807) is 20.8 Å². The number of hydrogen-bond donors (Lipinski definition) is 3. The smallest absolute Gasteiger partial charge is 0.415 e. The van der Waals surface area contributed by atoms with Gasteiger partial charge in [0.25, 0.3) is 5.91 Å². The Morgan fingerprint density at radius 2 is 2.08 bits per heavy atom. The minimum Gasteiger partial charge on any atom is -0.443 e.